The molecule has 0 aromatic heterocycles. The summed E-state index contributed by atoms with van der Waals surface area (Å²) in [5.41, 5.74) is 0.668. The Morgan fingerprint density at radius 2 is 2.23 bits per heavy atom. The van der Waals surface area contributed by atoms with Crippen LogP contribution >= 0.6 is 0 Å². The monoisotopic (exact) mass is 306 g/mol. The van der Waals surface area contributed by atoms with Crippen LogP contribution in [0.3, 0.4) is 0 Å². The molecular formula is C17H23FN2O2. The van der Waals surface area contributed by atoms with Gasteiger partial charge in [-0.2, -0.15) is 0 Å². The number of amides is 1. The summed E-state index contributed by atoms with van der Waals surface area (Å²) in [5.74, 6) is 0.283. The summed E-state index contributed by atoms with van der Waals surface area (Å²) < 4.78 is 18.5. The second-order valence-corrected chi connectivity index (χ2v) is 6.33. The number of methoxy groups -OCH3 is 1. The van der Waals surface area contributed by atoms with Gasteiger partial charge < -0.3 is 15.0 Å². The standard InChI is InChI=1S/C17H23FN2O2/c1-22-16-5-2-12(8-15(16)18)9-17(21)19-10-13-6-7-20(11-13)14-3-4-14/h2,5,8,13-14H,3-4,6-7,9-11H2,1H3,(H,19,21). The first-order valence-corrected chi connectivity index (χ1v) is 7.99. The van der Waals surface area contributed by atoms with E-state index in [2.05, 4.69) is 10.2 Å². The summed E-state index contributed by atoms with van der Waals surface area (Å²) in [6, 6.07) is 5.46. The number of likely N-dealkylation sites (tertiary alicyclic amines) is 1. The molecular weight excluding hydrogens is 283 g/mol. The van der Waals surface area contributed by atoms with E-state index in [1.807, 2.05) is 0 Å². The molecule has 1 heterocycles. The zero-order valence-electron chi connectivity index (χ0n) is 13.0. The normalized spacial score (nSPS) is 21.8. The van der Waals surface area contributed by atoms with Gasteiger partial charge in [-0.3, -0.25) is 4.79 Å². The molecule has 120 valence electrons. The van der Waals surface area contributed by atoms with Gasteiger partial charge in [-0.25, -0.2) is 4.39 Å². The van der Waals surface area contributed by atoms with Gasteiger partial charge in [0.05, 0.1) is 13.5 Å². The lowest BCUT2D eigenvalue weighted by Crippen LogP contribution is -2.32. The molecule has 4 nitrogen and oxygen atoms in total. The fourth-order valence-electron chi connectivity index (χ4n) is 3.13. The maximum absolute atomic E-state index is 13.6. The quantitative estimate of drug-likeness (QED) is 0.874. The number of hydrogen-bond donors (Lipinski definition) is 1. The molecule has 0 radical (unpaired) electrons. The predicted octanol–water partition coefficient (Wildman–Crippen LogP) is 1.98. The van der Waals surface area contributed by atoms with Gasteiger partial charge >= 0.3 is 0 Å². The third-order valence-electron chi connectivity index (χ3n) is 4.55. The van der Waals surface area contributed by atoms with Gasteiger partial charge in [0.25, 0.3) is 0 Å². The van der Waals surface area contributed by atoms with E-state index in [9.17, 15) is 9.18 Å². The number of ether oxygens (including phenoxy) is 1. The van der Waals surface area contributed by atoms with E-state index in [4.69, 9.17) is 4.74 Å². The smallest absolute Gasteiger partial charge is 0.224 e. The number of carbonyl (C=O) groups is 1. The van der Waals surface area contributed by atoms with E-state index < -0.39 is 5.82 Å². The first-order valence-electron chi connectivity index (χ1n) is 7.99. The number of rotatable bonds is 6. The van der Waals surface area contributed by atoms with Crippen LogP contribution in [0.2, 0.25) is 0 Å². The van der Waals surface area contributed by atoms with Crippen LogP contribution in [0.25, 0.3) is 0 Å². The molecule has 1 N–H and O–H groups in total. The Bertz CT molecular complexity index is 545. The number of halogens is 1. The van der Waals surface area contributed by atoms with Crippen LogP contribution in [0, 0.1) is 11.7 Å². The largest absolute Gasteiger partial charge is 0.494 e. The van der Waals surface area contributed by atoms with Crippen LogP contribution in [-0.2, 0) is 11.2 Å². The Labute approximate surface area is 130 Å². The van der Waals surface area contributed by atoms with Crippen LogP contribution < -0.4 is 10.1 Å². The summed E-state index contributed by atoms with van der Waals surface area (Å²) in [6.45, 7) is 2.98. The van der Waals surface area contributed by atoms with Crippen LogP contribution in [-0.4, -0.2) is 43.6 Å². The van der Waals surface area contributed by atoms with Gasteiger partial charge in [-0.05, 0) is 49.4 Å². The Morgan fingerprint density at radius 3 is 2.91 bits per heavy atom. The van der Waals surface area contributed by atoms with E-state index in [0.29, 0.717) is 11.5 Å². The van der Waals surface area contributed by atoms with Gasteiger partial charge in [0, 0.05) is 19.1 Å². The van der Waals surface area contributed by atoms with Crippen molar-refractivity contribution in [1.29, 1.82) is 0 Å². The van der Waals surface area contributed by atoms with Gasteiger partial charge in [0.1, 0.15) is 0 Å². The minimum Gasteiger partial charge on any atom is -0.494 e. The predicted molar refractivity (Wildman–Crippen MR) is 82.4 cm³/mol. The van der Waals surface area contributed by atoms with Crippen molar-refractivity contribution in [3.8, 4) is 5.75 Å². The van der Waals surface area contributed by atoms with Crippen molar-refractivity contribution in [3.63, 3.8) is 0 Å². The molecule has 1 aromatic carbocycles. The Morgan fingerprint density at radius 1 is 1.41 bits per heavy atom. The van der Waals surface area contributed by atoms with Gasteiger partial charge in [-0.15, -0.1) is 0 Å². The first-order chi connectivity index (χ1) is 10.7. The molecule has 1 unspecified atom stereocenters. The Balaban J connectivity index is 1.43. The number of nitrogens with one attached hydrogen (secondary N) is 1. The molecule has 2 aliphatic rings. The van der Waals surface area contributed by atoms with E-state index in [1.54, 1.807) is 12.1 Å². The number of hydrogen-bond acceptors (Lipinski definition) is 3. The van der Waals surface area contributed by atoms with Gasteiger partial charge in [0.2, 0.25) is 5.91 Å². The highest BCUT2D eigenvalue weighted by atomic mass is 19.1. The molecule has 0 bridgehead atoms. The minimum atomic E-state index is -0.427. The Hall–Kier alpha value is -1.62. The summed E-state index contributed by atoms with van der Waals surface area (Å²) in [7, 11) is 1.43. The average Bonchev–Trinajstić information content (AvgIpc) is 3.24. The van der Waals surface area contributed by atoms with Crippen LogP contribution in [0.1, 0.15) is 24.8 Å². The highest BCUT2D eigenvalue weighted by molar-refractivity contribution is 5.78. The minimum absolute atomic E-state index is 0.0468. The van der Waals surface area contributed by atoms with Crippen LogP contribution in [0.5, 0.6) is 5.75 Å². The average molecular weight is 306 g/mol. The molecule has 22 heavy (non-hydrogen) atoms. The lowest BCUT2D eigenvalue weighted by molar-refractivity contribution is -0.120. The lowest BCUT2D eigenvalue weighted by Gasteiger charge is -2.15. The summed E-state index contributed by atoms with van der Waals surface area (Å²) in [5, 5.41) is 2.98. The maximum Gasteiger partial charge on any atom is 0.224 e. The molecule has 3 rings (SSSR count). The molecule has 0 spiro atoms. The zero-order chi connectivity index (χ0) is 15.5. The fourth-order valence-corrected chi connectivity index (χ4v) is 3.13. The second kappa shape index (κ2) is 6.65. The summed E-state index contributed by atoms with van der Waals surface area (Å²) >= 11 is 0. The van der Waals surface area contributed by atoms with Crippen molar-refractivity contribution in [3.05, 3.63) is 29.6 Å². The molecule has 2 fully saturated rings. The highest BCUT2D eigenvalue weighted by Crippen LogP contribution is 2.31. The van der Waals surface area contributed by atoms with Crippen LogP contribution in [0.4, 0.5) is 4.39 Å². The third-order valence-corrected chi connectivity index (χ3v) is 4.55. The first kappa shape index (κ1) is 15.3. The molecule has 1 amide bonds. The van der Waals surface area contributed by atoms with E-state index >= 15 is 0 Å². The Kier molecular flexibility index (Phi) is 4.62. The van der Waals surface area contributed by atoms with Crippen molar-refractivity contribution < 1.29 is 13.9 Å². The van der Waals surface area contributed by atoms with Gasteiger partial charge in [0.15, 0.2) is 11.6 Å². The second-order valence-electron chi connectivity index (χ2n) is 6.33. The molecule has 5 heteroatoms. The van der Waals surface area contributed by atoms with Crippen molar-refractivity contribution in [2.24, 2.45) is 5.92 Å². The lowest BCUT2D eigenvalue weighted by atomic mass is 10.1. The molecule has 1 aliphatic heterocycles. The fraction of sp³-hybridized carbons (Fsp3) is 0.588. The SMILES string of the molecule is COc1ccc(CC(=O)NCC2CCN(C3CC3)C2)cc1F. The van der Waals surface area contributed by atoms with E-state index in [-0.39, 0.29) is 18.1 Å². The molecule has 1 atom stereocenters. The number of benzene rings is 1. The maximum atomic E-state index is 13.6. The van der Waals surface area contributed by atoms with E-state index in [0.717, 1.165) is 32.1 Å². The zero-order valence-corrected chi connectivity index (χ0v) is 13.0. The van der Waals surface area contributed by atoms with Crippen LogP contribution in [0.15, 0.2) is 18.2 Å². The number of carbonyl (C=O) groups excluding carboxylic acids is 1. The van der Waals surface area contributed by atoms with Crippen molar-refractivity contribution in [1.82, 2.24) is 10.2 Å². The van der Waals surface area contributed by atoms with Crippen molar-refractivity contribution in [2.45, 2.75) is 31.7 Å². The molecule has 1 aromatic rings. The van der Waals surface area contributed by atoms with Crippen molar-refractivity contribution in [2.75, 3.05) is 26.7 Å². The summed E-state index contributed by atoms with van der Waals surface area (Å²) in [6.07, 6.45) is 4.04. The van der Waals surface area contributed by atoms with Crippen molar-refractivity contribution >= 4 is 5.91 Å². The van der Waals surface area contributed by atoms with Gasteiger partial charge in [-0.1, -0.05) is 6.07 Å². The van der Waals surface area contributed by atoms with E-state index in [1.165, 1.54) is 26.0 Å². The number of nitrogens with zero attached hydrogens (tertiary/aromatic N) is 1. The third kappa shape index (κ3) is 3.77. The molecule has 1 saturated carbocycles. The summed E-state index contributed by atoms with van der Waals surface area (Å²) in [4.78, 5) is 14.5. The topological polar surface area (TPSA) is 41.6 Å². The highest BCUT2D eigenvalue weighted by Gasteiger charge is 2.34. The molecule has 1 aliphatic carbocycles. The molecule has 1 saturated heterocycles.